The van der Waals surface area contributed by atoms with Crippen LogP contribution < -0.4 is 5.56 Å². The molecule has 3 aromatic heterocycles. The van der Waals surface area contributed by atoms with Crippen molar-refractivity contribution >= 4 is 11.0 Å². The highest BCUT2D eigenvalue weighted by molar-refractivity contribution is 5.79. The van der Waals surface area contributed by atoms with E-state index in [1.807, 2.05) is 30.7 Å². The minimum atomic E-state index is -0.124. The van der Waals surface area contributed by atoms with Crippen LogP contribution in [-0.4, -0.2) is 24.7 Å². The maximum Gasteiger partial charge on any atom is 0.262 e. The second-order valence-corrected chi connectivity index (χ2v) is 6.47. The van der Waals surface area contributed by atoms with Gasteiger partial charge in [-0.2, -0.15) is 5.10 Å². The topological polar surface area (TPSA) is 76.5 Å². The summed E-state index contributed by atoms with van der Waals surface area (Å²) in [6, 6.07) is 4.20. The maximum absolute atomic E-state index is 12.7. The van der Waals surface area contributed by atoms with Gasteiger partial charge in [0, 0.05) is 6.20 Å². The highest BCUT2D eigenvalue weighted by Crippen LogP contribution is 2.32. The van der Waals surface area contributed by atoms with Crippen molar-refractivity contribution < 1.29 is 0 Å². The van der Waals surface area contributed by atoms with Crippen LogP contribution >= 0.6 is 0 Å². The number of pyridine rings is 1. The summed E-state index contributed by atoms with van der Waals surface area (Å²) in [6.45, 7) is 4.00. The van der Waals surface area contributed by atoms with E-state index in [-0.39, 0.29) is 5.56 Å². The van der Waals surface area contributed by atoms with Crippen molar-refractivity contribution in [1.29, 1.82) is 0 Å². The number of rotatable bonds is 3. The lowest BCUT2D eigenvalue weighted by Crippen LogP contribution is -2.13. The molecule has 1 saturated carbocycles. The van der Waals surface area contributed by atoms with E-state index >= 15 is 0 Å². The Morgan fingerprint density at radius 2 is 2.12 bits per heavy atom. The Morgan fingerprint density at radius 1 is 1.33 bits per heavy atom. The first kappa shape index (κ1) is 15.1. The second-order valence-electron chi connectivity index (χ2n) is 6.47. The van der Waals surface area contributed by atoms with Crippen molar-refractivity contribution in [3.05, 3.63) is 39.9 Å². The number of H-pyrrole nitrogens is 1. The first-order valence-electron chi connectivity index (χ1n) is 8.62. The summed E-state index contributed by atoms with van der Waals surface area (Å²) in [7, 11) is 0. The molecular weight excluding hydrogens is 302 g/mol. The zero-order valence-corrected chi connectivity index (χ0v) is 14.0. The van der Waals surface area contributed by atoms with Gasteiger partial charge in [-0.15, -0.1) is 0 Å². The fraction of sp³-hybridized carbons (Fsp3) is 0.444. The third-order valence-electron chi connectivity index (χ3n) is 4.87. The largest absolute Gasteiger partial charge is 0.304 e. The lowest BCUT2D eigenvalue weighted by atomic mass is 10.2. The zero-order chi connectivity index (χ0) is 16.7. The van der Waals surface area contributed by atoms with Crippen molar-refractivity contribution in [1.82, 2.24) is 24.7 Å². The van der Waals surface area contributed by atoms with Crippen molar-refractivity contribution in [3.8, 4) is 11.5 Å². The van der Waals surface area contributed by atoms with Crippen LogP contribution in [0.1, 0.15) is 49.9 Å². The molecule has 6 nitrogen and oxygen atoms in total. The van der Waals surface area contributed by atoms with Gasteiger partial charge in [-0.3, -0.25) is 9.78 Å². The fourth-order valence-corrected chi connectivity index (χ4v) is 3.61. The molecule has 4 rings (SSSR count). The number of hydrogen-bond donors (Lipinski definition) is 1. The molecule has 0 aliphatic heterocycles. The van der Waals surface area contributed by atoms with Gasteiger partial charge < -0.3 is 4.98 Å². The molecule has 1 fully saturated rings. The van der Waals surface area contributed by atoms with Gasteiger partial charge in [0.25, 0.3) is 5.56 Å². The molecule has 0 atom stereocenters. The third kappa shape index (κ3) is 2.33. The van der Waals surface area contributed by atoms with Gasteiger partial charge in [0.2, 0.25) is 0 Å². The Balaban J connectivity index is 1.98. The average molecular weight is 323 g/mol. The number of fused-ring (bicyclic) bond motifs is 1. The summed E-state index contributed by atoms with van der Waals surface area (Å²) in [5.74, 6) is 0.521. The highest BCUT2D eigenvalue weighted by Gasteiger charge is 2.24. The van der Waals surface area contributed by atoms with Gasteiger partial charge >= 0.3 is 0 Å². The number of aromatic nitrogens is 5. The molecular formula is C18H21N5O. The minimum absolute atomic E-state index is 0.124. The molecule has 0 bridgehead atoms. The first-order chi connectivity index (χ1) is 11.7. The highest BCUT2D eigenvalue weighted by atomic mass is 16.1. The first-order valence-corrected chi connectivity index (χ1v) is 8.62. The average Bonchev–Trinajstić information content (AvgIpc) is 3.22. The number of aryl methyl sites for hydroxylation is 2. The van der Waals surface area contributed by atoms with E-state index < -0.39 is 0 Å². The SMILES string of the molecule is CCc1nn(C2CCCC2)c2nc(-c3ncccc3C)[nH]c(=O)c12. The van der Waals surface area contributed by atoms with E-state index in [0.717, 1.165) is 30.5 Å². The second kappa shape index (κ2) is 5.85. The van der Waals surface area contributed by atoms with Crippen LogP contribution in [0.4, 0.5) is 0 Å². The summed E-state index contributed by atoms with van der Waals surface area (Å²) in [5.41, 5.74) is 3.11. The Hall–Kier alpha value is -2.50. The molecule has 3 aromatic rings. The zero-order valence-electron chi connectivity index (χ0n) is 14.0. The van der Waals surface area contributed by atoms with Crippen LogP contribution in [0.2, 0.25) is 0 Å². The van der Waals surface area contributed by atoms with E-state index in [0.29, 0.717) is 28.6 Å². The van der Waals surface area contributed by atoms with Gasteiger partial charge in [0.05, 0.1) is 11.7 Å². The molecule has 1 N–H and O–H groups in total. The molecule has 6 heteroatoms. The summed E-state index contributed by atoms with van der Waals surface area (Å²) in [6.07, 6.45) is 7.08. The Morgan fingerprint density at radius 3 is 2.83 bits per heavy atom. The number of nitrogens with one attached hydrogen (secondary N) is 1. The molecule has 3 heterocycles. The van der Waals surface area contributed by atoms with Crippen LogP contribution in [0.3, 0.4) is 0 Å². The molecule has 0 unspecified atom stereocenters. The van der Waals surface area contributed by atoms with Gasteiger partial charge in [-0.1, -0.05) is 25.8 Å². The summed E-state index contributed by atoms with van der Waals surface area (Å²) in [4.78, 5) is 24.8. The van der Waals surface area contributed by atoms with Crippen molar-refractivity contribution in [2.75, 3.05) is 0 Å². The Kier molecular flexibility index (Phi) is 3.67. The van der Waals surface area contributed by atoms with Crippen LogP contribution in [0.15, 0.2) is 23.1 Å². The quantitative estimate of drug-likeness (QED) is 0.803. The smallest absolute Gasteiger partial charge is 0.262 e. The lowest BCUT2D eigenvalue weighted by molar-refractivity contribution is 0.474. The lowest BCUT2D eigenvalue weighted by Gasteiger charge is -2.11. The minimum Gasteiger partial charge on any atom is -0.304 e. The molecule has 1 aliphatic rings. The van der Waals surface area contributed by atoms with E-state index in [1.165, 1.54) is 12.8 Å². The van der Waals surface area contributed by atoms with Gasteiger partial charge in [-0.05, 0) is 37.8 Å². The Bertz CT molecular complexity index is 950. The maximum atomic E-state index is 12.7. The van der Waals surface area contributed by atoms with Crippen LogP contribution in [0.25, 0.3) is 22.6 Å². The summed E-state index contributed by atoms with van der Waals surface area (Å²) < 4.78 is 1.98. The monoisotopic (exact) mass is 323 g/mol. The molecule has 0 saturated heterocycles. The molecule has 0 radical (unpaired) electrons. The summed E-state index contributed by atoms with van der Waals surface area (Å²) in [5, 5.41) is 5.35. The van der Waals surface area contributed by atoms with Crippen molar-refractivity contribution in [2.45, 2.75) is 52.0 Å². The predicted molar refractivity (Wildman–Crippen MR) is 93.0 cm³/mol. The van der Waals surface area contributed by atoms with E-state index in [9.17, 15) is 4.79 Å². The molecule has 124 valence electrons. The molecule has 0 aromatic carbocycles. The van der Waals surface area contributed by atoms with Crippen molar-refractivity contribution in [3.63, 3.8) is 0 Å². The van der Waals surface area contributed by atoms with Gasteiger partial charge in [0.1, 0.15) is 11.1 Å². The normalized spacial score (nSPS) is 15.4. The standard InChI is InChI=1S/C18H21N5O/c1-3-13-14-17(23(22-13)12-8-4-5-9-12)20-16(21-18(14)24)15-11(2)7-6-10-19-15/h6-7,10,12H,3-5,8-9H2,1-2H3,(H,20,21,24). The number of nitrogens with zero attached hydrogens (tertiary/aromatic N) is 4. The van der Waals surface area contributed by atoms with E-state index in [1.54, 1.807) is 6.20 Å². The Labute approximate surface area is 140 Å². The van der Waals surface area contributed by atoms with Crippen molar-refractivity contribution in [2.24, 2.45) is 0 Å². The molecule has 1 aliphatic carbocycles. The molecule has 24 heavy (non-hydrogen) atoms. The molecule has 0 spiro atoms. The van der Waals surface area contributed by atoms with Gasteiger partial charge in [-0.25, -0.2) is 9.67 Å². The number of aromatic amines is 1. The van der Waals surface area contributed by atoms with Crippen LogP contribution in [-0.2, 0) is 6.42 Å². The fourth-order valence-electron chi connectivity index (χ4n) is 3.61. The van der Waals surface area contributed by atoms with Crippen LogP contribution in [0.5, 0.6) is 0 Å². The predicted octanol–water partition coefficient (Wildman–Crippen LogP) is 3.17. The third-order valence-corrected chi connectivity index (χ3v) is 4.87. The molecule has 0 amide bonds. The van der Waals surface area contributed by atoms with E-state index in [2.05, 4.69) is 9.97 Å². The number of hydrogen-bond acceptors (Lipinski definition) is 4. The van der Waals surface area contributed by atoms with Crippen LogP contribution in [0, 0.1) is 6.92 Å². The van der Waals surface area contributed by atoms with E-state index in [4.69, 9.17) is 10.1 Å². The summed E-state index contributed by atoms with van der Waals surface area (Å²) >= 11 is 0. The van der Waals surface area contributed by atoms with Gasteiger partial charge in [0.15, 0.2) is 11.5 Å².